The average molecular weight is 242 g/mol. The zero-order valence-electron chi connectivity index (χ0n) is 9.92. The van der Waals surface area contributed by atoms with Gasteiger partial charge >= 0.3 is 0 Å². The fourth-order valence-electron chi connectivity index (χ4n) is 2.12. The number of hydrazine groups is 1. The summed E-state index contributed by atoms with van der Waals surface area (Å²) in [7, 11) is 4.15. The zero-order chi connectivity index (χ0) is 11.8. The monoisotopic (exact) mass is 242 g/mol. The molecule has 0 saturated heterocycles. The van der Waals surface area contributed by atoms with Crippen LogP contribution in [0.15, 0.2) is 58.3 Å². The zero-order valence-corrected chi connectivity index (χ0v) is 10.7. The molecule has 2 aromatic rings. The van der Waals surface area contributed by atoms with Crippen molar-refractivity contribution in [3.8, 4) is 0 Å². The molecule has 17 heavy (non-hydrogen) atoms. The number of hydrogen-bond donors (Lipinski definition) is 0. The van der Waals surface area contributed by atoms with Crippen LogP contribution in [0.3, 0.4) is 0 Å². The van der Waals surface area contributed by atoms with Gasteiger partial charge in [-0.2, -0.15) is 0 Å². The lowest BCUT2D eigenvalue weighted by atomic mass is 10.2. The summed E-state index contributed by atoms with van der Waals surface area (Å²) >= 11 is 1.84. The largest absolute Gasteiger partial charge is 0.273 e. The summed E-state index contributed by atoms with van der Waals surface area (Å²) in [5.74, 6) is 0. The van der Waals surface area contributed by atoms with Gasteiger partial charge in [0.15, 0.2) is 0 Å². The van der Waals surface area contributed by atoms with E-state index in [1.165, 1.54) is 21.2 Å². The van der Waals surface area contributed by atoms with Gasteiger partial charge in [0.1, 0.15) is 0 Å². The van der Waals surface area contributed by atoms with Crippen molar-refractivity contribution in [3.05, 3.63) is 48.5 Å². The predicted octanol–water partition coefficient (Wildman–Crippen LogP) is 3.77. The van der Waals surface area contributed by atoms with Gasteiger partial charge in [-0.25, -0.2) is 5.01 Å². The first-order chi connectivity index (χ1) is 8.27. The van der Waals surface area contributed by atoms with Crippen LogP contribution in [-0.4, -0.2) is 19.1 Å². The predicted molar refractivity (Wildman–Crippen MR) is 72.8 cm³/mol. The summed E-state index contributed by atoms with van der Waals surface area (Å²) in [6.45, 7) is 0. The van der Waals surface area contributed by atoms with Crippen LogP contribution in [0.5, 0.6) is 0 Å². The molecule has 1 aliphatic rings. The summed E-state index contributed by atoms with van der Waals surface area (Å²) in [5.41, 5.74) is 2.50. The van der Waals surface area contributed by atoms with Gasteiger partial charge in [-0.3, -0.25) is 5.01 Å². The number of rotatable bonds is 1. The highest BCUT2D eigenvalue weighted by Gasteiger charge is 2.23. The van der Waals surface area contributed by atoms with Crippen molar-refractivity contribution in [1.29, 1.82) is 0 Å². The highest BCUT2D eigenvalue weighted by atomic mass is 32.2. The molecule has 86 valence electrons. The van der Waals surface area contributed by atoms with Crippen LogP contribution in [-0.2, 0) is 0 Å². The van der Waals surface area contributed by atoms with Crippen LogP contribution in [0.2, 0.25) is 0 Å². The first-order valence-electron chi connectivity index (χ1n) is 5.60. The molecule has 0 N–H and O–H groups in total. The third-order valence-electron chi connectivity index (χ3n) is 2.81. The van der Waals surface area contributed by atoms with E-state index in [0.717, 1.165) is 0 Å². The Morgan fingerprint density at radius 3 is 1.76 bits per heavy atom. The third-order valence-corrected chi connectivity index (χ3v) is 3.94. The van der Waals surface area contributed by atoms with E-state index >= 15 is 0 Å². The maximum atomic E-state index is 2.25. The molecule has 0 atom stereocenters. The molecule has 0 amide bonds. The first kappa shape index (κ1) is 10.7. The van der Waals surface area contributed by atoms with Crippen molar-refractivity contribution in [3.63, 3.8) is 0 Å². The minimum atomic E-state index is 1.25. The van der Waals surface area contributed by atoms with Crippen LogP contribution >= 0.6 is 11.8 Å². The van der Waals surface area contributed by atoms with Gasteiger partial charge < -0.3 is 0 Å². The Balaban J connectivity index is 2.21. The lowest BCUT2D eigenvalue weighted by Gasteiger charge is -2.36. The van der Waals surface area contributed by atoms with Crippen molar-refractivity contribution in [2.45, 2.75) is 9.79 Å². The molecule has 0 aliphatic carbocycles. The van der Waals surface area contributed by atoms with E-state index in [9.17, 15) is 0 Å². The summed E-state index contributed by atoms with van der Waals surface area (Å²) in [4.78, 5) is 2.61. The molecule has 0 fully saturated rings. The topological polar surface area (TPSA) is 6.48 Å². The summed E-state index contributed by atoms with van der Waals surface area (Å²) in [6, 6.07) is 17.0. The number of anilines is 2. The number of nitrogens with zero attached hydrogens (tertiary/aromatic N) is 2. The third kappa shape index (κ3) is 1.72. The minimum Gasteiger partial charge on any atom is -0.273 e. The van der Waals surface area contributed by atoms with Crippen molar-refractivity contribution in [2.75, 3.05) is 19.1 Å². The smallest absolute Gasteiger partial charge is 0.0719 e. The molecule has 0 saturated carbocycles. The van der Waals surface area contributed by atoms with Crippen LogP contribution in [0, 0.1) is 0 Å². The van der Waals surface area contributed by atoms with Crippen LogP contribution < -0.4 is 5.01 Å². The van der Waals surface area contributed by atoms with Gasteiger partial charge in [0, 0.05) is 23.9 Å². The van der Waals surface area contributed by atoms with E-state index in [1.54, 1.807) is 0 Å². The van der Waals surface area contributed by atoms with Crippen molar-refractivity contribution in [2.24, 2.45) is 0 Å². The summed E-state index contributed by atoms with van der Waals surface area (Å²) < 4.78 is 0. The first-order valence-corrected chi connectivity index (χ1v) is 6.42. The van der Waals surface area contributed by atoms with Crippen molar-refractivity contribution in [1.82, 2.24) is 5.01 Å². The second-order valence-electron chi connectivity index (χ2n) is 4.20. The Hall–Kier alpha value is -1.45. The standard InChI is InChI=1S/C14H14N2S/c1-15(2)16-11-7-3-5-9-13(11)17-14-10-6-4-8-12(14)16/h3-10H,1-2H3. The van der Waals surface area contributed by atoms with E-state index in [2.05, 4.69) is 72.6 Å². The molecule has 3 rings (SSSR count). The van der Waals surface area contributed by atoms with Gasteiger partial charge in [-0.15, -0.1) is 0 Å². The number of fused-ring (bicyclic) bond motifs is 2. The maximum Gasteiger partial charge on any atom is 0.0719 e. The molecule has 0 bridgehead atoms. The Morgan fingerprint density at radius 2 is 1.29 bits per heavy atom. The normalized spacial score (nSPS) is 13.5. The molecule has 1 heterocycles. The fraction of sp³-hybridized carbons (Fsp3) is 0.143. The van der Waals surface area contributed by atoms with Gasteiger partial charge in [0.05, 0.1) is 11.4 Å². The Bertz CT molecular complexity index is 506. The Labute approximate surface area is 106 Å². The Kier molecular flexibility index (Phi) is 2.57. The number of benzene rings is 2. The van der Waals surface area contributed by atoms with Gasteiger partial charge in [0.25, 0.3) is 0 Å². The van der Waals surface area contributed by atoms with Crippen LogP contribution in [0.1, 0.15) is 0 Å². The molecule has 1 aliphatic heterocycles. The SMILES string of the molecule is CN(C)N1c2ccccc2Sc2ccccc21. The Morgan fingerprint density at radius 1 is 0.824 bits per heavy atom. The highest BCUT2D eigenvalue weighted by Crippen LogP contribution is 2.47. The lowest BCUT2D eigenvalue weighted by molar-refractivity contribution is 0.413. The molecule has 2 aromatic carbocycles. The van der Waals surface area contributed by atoms with E-state index in [-0.39, 0.29) is 0 Å². The number of para-hydroxylation sites is 2. The van der Waals surface area contributed by atoms with E-state index in [1.807, 2.05) is 11.8 Å². The molecule has 0 radical (unpaired) electrons. The quantitative estimate of drug-likeness (QED) is 0.751. The molecule has 0 spiro atoms. The molecular formula is C14H14N2S. The van der Waals surface area contributed by atoms with Gasteiger partial charge in [0.2, 0.25) is 0 Å². The van der Waals surface area contributed by atoms with Crippen molar-refractivity contribution >= 4 is 23.1 Å². The van der Waals surface area contributed by atoms with Crippen LogP contribution in [0.4, 0.5) is 11.4 Å². The lowest BCUT2D eigenvalue weighted by Crippen LogP contribution is -2.34. The van der Waals surface area contributed by atoms with Gasteiger partial charge in [-0.1, -0.05) is 36.0 Å². The second-order valence-corrected chi connectivity index (χ2v) is 5.28. The van der Waals surface area contributed by atoms with E-state index in [0.29, 0.717) is 0 Å². The highest BCUT2D eigenvalue weighted by molar-refractivity contribution is 7.99. The van der Waals surface area contributed by atoms with E-state index < -0.39 is 0 Å². The average Bonchev–Trinajstić information content (AvgIpc) is 2.35. The molecular weight excluding hydrogens is 228 g/mol. The molecule has 0 unspecified atom stereocenters. The summed E-state index contributed by atoms with van der Waals surface area (Å²) in [6.07, 6.45) is 0. The van der Waals surface area contributed by atoms with Gasteiger partial charge in [-0.05, 0) is 24.3 Å². The van der Waals surface area contributed by atoms with Crippen LogP contribution in [0.25, 0.3) is 0 Å². The van der Waals surface area contributed by atoms with E-state index in [4.69, 9.17) is 0 Å². The number of hydrogen-bond acceptors (Lipinski definition) is 3. The second kappa shape index (κ2) is 4.09. The van der Waals surface area contributed by atoms with Crippen molar-refractivity contribution < 1.29 is 0 Å². The molecule has 0 aromatic heterocycles. The minimum absolute atomic E-state index is 1.25. The fourth-order valence-corrected chi connectivity index (χ4v) is 3.16. The molecule has 3 heteroatoms. The molecule has 2 nitrogen and oxygen atoms in total. The summed E-state index contributed by atoms with van der Waals surface area (Å²) in [5, 5.41) is 4.37. The maximum absolute atomic E-state index is 2.25.